The lowest BCUT2D eigenvalue weighted by molar-refractivity contribution is -0.176. The molecule has 0 saturated carbocycles. The van der Waals surface area contributed by atoms with Crippen LogP contribution < -0.4 is 4.89 Å². The number of hydrogen-bond donors (Lipinski definition) is 0. The zero-order valence-corrected chi connectivity index (χ0v) is 40.8. The third kappa shape index (κ3) is 32.9. The highest BCUT2D eigenvalue weighted by Crippen LogP contribution is 2.61. The standard InChI is InChI=1S/C32H68P.C16H29F6O2P/c1-5-9-13-17-18-19-20-21-22-23-24-28-32-33(29-25-14-10-6-2,30-26-15-11-7-3)31-27-16-12-8-4;1-15(9-19,10-20)3-13(5-17)7-25(23,24)8-14(6-18)4-16(2,11-21)12-22/h5-32H2,1-4H3;13-14H,3-12H2,1-2H3,(H,23,24)/q+1;/p-1. The van der Waals surface area contributed by atoms with Gasteiger partial charge in [0.25, 0.3) is 0 Å². The smallest absolute Gasteiger partial charge is 0.0973 e. The van der Waals surface area contributed by atoms with E-state index in [1.807, 2.05) is 0 Å². The molecule has 352 valence electrons. The molecule has 10 heteroatoms. The van der Waals surface area contributed by atoms with Crippen LogP contribution in [0.3, 0.4) is 0 Å². The predicted octanol–water partition coefficient (Wildman–Crippen LogP) is 16.9. The molecule has 0 bridgehead atoms. The Labute approximate surface area is 357 Å². The van der Waals surface area contributed by atoms with Gasteiger partial charge in [0, 0.05) is 25.5 Å². The Hall–Kier alpha value is 0.200. The molecule has 2 atom stereocenters. The summed E-state index contributed by atoms with van der Waals surface area (Å²) in [6, 6.07) is 0. The van der Waals surface area contributed by atoms with Crippen LogP contribution in [0, 0.1) is 22.7 Å². The first-order valence-corrected chi connectivity index (χ1v) is 28.8. The second-order valence-electron chi connectivity index (χ2n) is 19.1. The summed E-state index contributed by atoms with van der Waals surface area (Å²) in [5.74, 6) is -2.21. The van der Waals surface area contributed by atoms with E-state index in [1.165, 1.54) is 142 Å². The molecule has 0 aliphatic rings. The van der Waals surface area contributed by atoms with Crippen LogP contribution in [0.1, 0.15) is 208 Å². The zero-order chi connectivity index (χ0) is 44.0. The molecule has 0 amide bonds. The Balaban J connectivity index is 0. The summed E-state index contributed by atoms with van der Waals surface area (Å²) in [5.41, 5.74) is -2.92. The van der Waals surface area contributed by atoms with Crippen LogP contribution in [0.2, 0.25) is 0 Å². The Morgan fingerprint density at radius 1 is 0.431 bits per heavy atom. The average molecular weight is 881 g/mol. The highest BCUT2D eigenvalue weighted by Gasteiger charge is 2.36. The molecule has 0 rings (SSSR count). The highest BCUT2D eigenvalue weighted by atomic mass is 31.2. The first-order valence-electron chi connectivity index (χ1n) is 24.3. The highest BCUT2D eigenvalue weighted by molar-refractivity contribution is 7.75. The van der Waals surface area contributed by atoms with Crippen molar-refractivity contribution >= 4 is 14.6 Å². The normalized spacial score (nSPS) is 14.6. The van der Waals surface area contributed by atoms with E-state index in [2.05, 4.69) is 27.7 Å². The van der Waals surface area contributed by atoms with Crippen molar-refractivity contribution in [2.75, 3.05) is 77.0 Å². The van der Waals surface area contributed by atoms with Gasteiger partial charge in [0.2, 0.25) is 0 Å². The van der Waals surface area contributed by atoms with Gasteiger partial charge < -0.3 is 9.46 Å². The number of halogens is 6. The zero-order valence-electron chi connectivity index (χ0n) is 39.0. The summed E-state index contributed by atoms with van der Waals surface area (Å²) in [6.07, 6.45) is 40.2. The molecular weight excluding hydrogens is 784 g/mol. The van der Waals surface area contributed by atoms with Crippen molar-refractivity contribution in [1.29, 1.82) is 0 Å². The van der Waals surface area contributed by atoms with Crippen molar-refractivity contribution in [2.45, 2.75) is 208 Å². The van der Waals surface area contributed by atoms with Crippen LogP contribution >= 0.6 is 14.6 Å². The molecule has 0 saturated heterocycles. The van der Waals surface area contributed by atoms with E-state index in [1.54, 1.807) is 50.3 Å². The molecule has 0 aromatic rings. The molecule has 0 aliphatic carbocycles. The third-order valence-electron chi connectivity index (χ3n) is 12.3. The topological polar surface area (TPSA) is 40.1 Å². The Kier molecular flexibility index (Phi) is 40.4. The summed E-state index contributed by atoms with van der Waals surface area (Å²) >= 11 is 0. The maximum atomic E-state index is 13.1. The van der Waals surface area contributed by atoms with Gasteiger partial charge in [0.05, 0.1) is 64.7 Å². The van der Waals surface area contributed by atoms with E-state index in [0.29, 0.717) is 0 Å². The SMILES string of the molecule is CC(CF)(CF)CC(CF)CP(=O)([O-])CC(CF)CC(C)(CF)CF.CCCCCCCCCCCCCC[P+](CCCCCC)(CCCCCC)CCCCCC. The molecule has 2 unspecified atom stereocenters. The molecule has 0 radical (unpaired) electrons. The van der Waals surface area contributed by atoms with E-state index in [-0.39, 0.29) is 12.8 Å². The van der Waals surface area contributed by atoms with Gasteiger partial charge in [-0.2, -0.15) is 0 Å². The van der Waals surface area contributed by atoms with Crippen molar-refractivity contribution in [1.82, 2.24) is 0 Å². The van der Waals surface area contributed by atoms with Gasteiger partial charge in [-0.3, -0.25) is 26.3 Å². The lowest BCUT2D eigenvalue weighted by Gasteiger charge is -2.35. The minimum Gasteiger partial charge on any atom is -0.799 e. The molecule has 0 heterocycles. The molecule has 0 spiro atoms. The largest absolute Gasteiger partial charge is 0.799 e. The van der Waals surface area contributed by atoms with Crippen molar-refractivity contribution in [2.24, 2.45) is 22.7 Å². The number of hydrogen-bond acceptors (Lipinski definition) is 2. The second kappa shape index (κ2) is 38.8. The first kappa shape index (κ1) is 60.3. The Morgan fingerprint density at radius 3 is 0.879 bits per heavy atom. The second-order valence-corrected chi connectivity index (χ2v) is 25.9. The average Bonchev–Trinajstić information content (AvgIpc) is 3.22. The number of unbranched alkanes of at least 4 members (excludes halogenated alkanes) is 20. The van der Waals surface area contributed by atoms with Gasteiger partial charge in [0.1, 0.15) is 0 Å². The van der Waals surface area contributed by atoms with E-state index < -0.39 is 89.7 Å². The van der Waals surface area contributed by atoms with Gasteiger partial charge >= 0.3 is 0 Å². The first-order chi connectivity index (χ1) is 27.8. The molecule has 2 nitrogen and oxygen atoms in total. The van der Waals surface area contributed by atoms with Crippen LogP contribution in [-0.4, -0.2) is 77.0 Å². The van der Waals surface area contributed by atoms with Crippen LogP contribution in [0.25, 0.3) is 0 Å². The van der Waals surface area contributed by atoms with E-state index in [4.69, 9.17) is 0 Å². The fourth-order valence-corrected chi connectivity index (χ4v) is 15.6. The number of alkyl halides is 6. The van der Waals surface area contributed by atoms with Crippen LogP contribution in [0.15, 0.2) is 0 Å². The summed E-state index contributed by atoms with van der Waals surface area (Å²) in [4.78, 5) is 12.2. The minimum absolute atomic E-state index is 0.296. The molecular formula is C48H96F6O2P2. The maximum absolute atomic E-state index is 13.1. The summed E-state index contributed by atoms with van der Waals surface area (Å²) in [7, 11) is -4.97. The minimum atomic E-state index is -4.27. The summed E-state index contributed by atoms with van der Waals surface area (Å²) < 4.78 is 89.9. The third-order valence-corrected chi connectivity index (χ3v) is 19.5. The fourth-order valence-electron chi connectivity index (χ4n) is 8.46. The van der Waals surface area contributed by atoms with Gasteiger partial charge in [-0.15, -0.1) is 0 Å². The maximum Gasteiger partial charge on any atom is 0.0973 e. The van der Waals surface area contributed by atoms with Crippen LogP contribution in [0.5, 0.6) is 0 Å². The lowest BCUT2D eigenvalue weighted by atomic mass is 9.84. The van der Waals surface area contributed by atoms with E-state index in [9.17, 15) is 35.8 Å². The number of rotatable bonds is 42. The molecule has 0 N–H and O–H groups in total. The van der Waals surface area contributed by atoms with Gasteiger partial charge in [-0.05, 0) is 88.4 Å². The predicted molar refractivity (Wildman–Crippen MR) is 246 cm³/mol. The van der Waals surface area contributed by atoms with Crippen molar-refractivity contribution in [3.8, 4) is 0 Å². The lowest BCUT2D eigenvalue weighted by Crippen LogP contribution is -2.31. The van der Waals surface area contributed by atoms with Crippen molar-refractivity contribution < 1.29 is 35.8 Å². The Morgan fingerprint density at radius 2 is 0.655 bits per heavy atom. The molecule has 0 fully saturated rings. The summed E-state index contributed by atoms with van der Waals surface area (Å²) in [6.45, 7) is 5.56. The van der Waals surface area contributed by atoms with Crippen molar-refractivity contribution in [3.63, 3.8) is 0 Å². The van der Waals surface area contributed by atoms with E-state index in [0.717, 1.165) is 0 Å². The quantitative estimate of drug-likeness (QED) is 0.0348. The van der Waals surface area contributed by atoms with E-state index >= 15 is 0 Å². The monoisotopic (exact) mass is 881 g/mol. The van der Waals surface area contributed by atoms with Gasteiger partial charge in [-0.25, -0.2) is 0 Å². The van der Waals surface area contributed by atoms with Gasteiger partial charge in [-0.1, -0.05) is 144 Å². The molecule has 0 aliphatic heterocycles. The summed E-state index contributed by atoms with van der Waals surface area (Å²) in [5, 5.41) is 0. The molecule has 0 aromatic heterocycles. The Bertz CT molecular complexity index is 855. The fraction of sp³-hybridized carbons (Fsp3) is 1.00. The van der Waals surface area contributed by atoms with Gasteiger partial charge in [0.15, 0.2) is 0 Å². The van der Waals surface area contributed by atoms with Crippen LogP contribution in [-0.2, 0) is 4.57 Å². The molecule has 58 heavy (non-hydrogen) atoms. The van der Waals surface area contributed by atoms with Crippen molar-refractivity contribution in [3.05, 3.63) is 0 Å². The van der Waals surface area contributed by atoms with Crippen LogP contribution in [0.4, 0.5) is 26.3 Å². The molecule has 0 aromatic carbocycles.